The predicted molar refractivity (Wildman–Crippen MR) is 75.8 cm³/mol. The molecule has 0 saturated heterocycles. The molecule has 0 aliphatic heterocycles. The number of hydrogen-bond donors (Lipinski definition) is 3. The largest absolute Gasteiger partial charge is 0.397 e. The zero-order valence-corrected chi connectivity index (χ0v) is 11.3. The first-order chi connectivity index (χ1) is 9.86. The summed E-state index contributed by atoms with van der Waals surface area (Å²) in [6.45, 7) is -0.463. The minimum absolute atomic E-state index is 0.279. The molecule has 9 heteroatoms. The summed E-state index contributed by atoms with van der Waals surface area (Å²) < 4.78 is 13.8. The Labute approximate surface area is 122 Å². The molecule has 21 heavy (non-hydrogen) atoms. The number of anilines is 2. The standard InChI is InChI=1S/C12H10ClFN4O3/c13-7-2-1-6(3-9(7)15)16-10(19)5-18-4-8(14)11(20)17-12(18)21/h1-4H,5,15H2,(H,16,19)(H,17,20,21). The maximum Gasteiger partial charge on any atom is 0.328 e. The van der Waals surface area contributed by atoms with Gasteiger partial charge in [-0.15, -0.1) is 0 Å². The van der Waals surface area contributed by atoms with E-state index in [0.717, 1.165) is 4.57 Å². The van der Waals surface area contributed by atoms with Gasteiger partial charge in [-0.2, -0.15) is 4.39 Å². The Morgan fingerprint density at radius 3 is 2.81 bits per heavy atom. The van der Waals surface area contributed by atoms with E-state index in [1.165, 1.54) is 18.2 Å². The molecule has 0 radical (unpaired) electrons. The lowest BCUT2D eigenvalue weighted by molar-refractivity contribution is -0.116. The van der Waals surface area contributed by atoms with Crippen molar-refractivity contribution in [3.63, 3.8) is 0 Å². The molecule has 7 nitrogen and oxygen atoms in total. The number of hydrogen-bond acceptors (Lipinski definition) is 4. The highest BCUT2D eigenvalue weighted by atomic mass is 35.5. The van der Waals surface area contributed by atoms with Crippen molar-refractivity contribution >= 4 is 28.9 Å². The molecule has 1 aromatic carbocycles. The van der Waals surface area contributed by atoms with Crippen LogP contribution in [0.3, 0.4) is 0 Å². The van der Waals surface area contributed by atoms with Crippen molar-refractivity contribution in [1.82, 2.24) is 9.55 Å². The fourth-order valence-electron chi connectivity index (χ4n) is 1.58. The summed E-state index contributed by atoms with van der Waals surface area (Å²) in [5, 5.41) is 2.81. The highest BCUT2D eigenvalue weighted by molar-refractivity contribution is 6.33. The third-order valence-corrected chi connectivity index (χ3v) is 2.91. The number of H-pyrrole nitrogens is 1. The molecule has 110 valence electrons. The zero-order valence-electron chi connectivity index (χ0n) is 10.5. The third kappa shape index (κ3) is 3.48. The molecule has 0 aliphatic carbocycles. The maximum atomic E-state index is 13.1. The molecule has 1 amide bonds. The van der Waals surface area contributed by atoms with E-state index in [2.05, 4.69) is 5.32 Å². The van der Waals surface area contributed by atoms with E-state index in [0.29, 0.717) is 16.9 Å². The summed E-state index contributed by atoms with van der Waals surface area (Å²) in [5.41, 5.74) is 4.22. The van der Waals surface area contributed by atoms with Crippen LogP contribution in [-0.4, -0.2) is 15.5 Å². The Hall–Kier alpha value is -2.61. The second-order valence-corrected chi connectivity index (χ2v) is 4.56. The van der Waals surface area contributed by atoms with Gasteiger partial charge < -0.3 is 11.1 Å². The Balaban J connectivity index is 2.15. The van der Waals surface area contributed by atoms with E-state index in [1.54, 1.807) is 4.98 Å². The van der Waals surface area contributed by atoms with Crippen LogP contribution in [-0.2, 0) is 11.3 Å². The number of nitrogens with zero attached hydrogens (tertiary/aromatic N) is 1. The number of halogens is 2. The minimum atomic E-state index is -1.15. The number of nitrogens with one attached hydrogen (secondary N) is 2. The maximum absolute atomic E-state index is 13.1. The van der Waals surface area contributed by atoms with Gasteiger partial charge in [-0.25, -0.2) is 4.79 Å². The summed E-state index contributed by atoms with van der Waals surface area (Å²) in [6.07, 6.45) is 0.664. The van der Waals surface area contributed by atoms with Crippen LogP contribution < -0.4 is 22.3 Å². The van der Waals surface area contributed by atoms with Crippen LogP contribution in [0.2, 0.25) is 5.02 Å². The molecular weight excluding hydrogens is 303 g/mol. The van der Waals surface area contributed by atoms with Crippen LogP contribution in [0.4, 0.5) is 15.8 Å². The number of benzene rings is 1. The summed E-state index contributed by atoms with van der Waals surface area (Å²) in [7, 11) is 0. The smallest absolute Gasteiger partial charge is 0.328 e. The summed E-state index contributed by atoms with van der Waals surface area (Å²) >= 11 is 5.74. The molecule has 0 saturated carbocycles. The minimum Gasteiger partial charge on any atom is -0.397 e. The first-order valence-electron chi connectivity index (χ1n) is 5.71. The van der Waals surface area contributed by atoms with E-state index < -0.39 is 29.5 Å². The highest BCUT2D eigenvalue weighted by Crippen LogP contribution is 2.22. The first kappa shape index (κ1) is 14.8. The quantitative estimate of drug-likeness (QED) is 0.719. The van der Waals surface area contributed by atoms with Gasteiger partial charge in [0.05, 0.1) is 16.9 Å². The molecule has 1 aromatic heterocycles. The average molecular weight is 313 g/mol. The summed E-state index contributed by atoms with van der Waals surface area (Å²) in [5.74, 6) is -1.75. The van der Waals surface area contributed by atoms with E-state index in [4.69, 9.17) is 17.3 Å². The van der Waals surface area contributed by atoms with Gasteiger partial charge in [0.15, 0.2) is 0 Å². The van der Waals surface area contributed by atoms with Crippen LogP contribution in [0, 0.1) is 5.82 Å². The predicted octanol–water partition coefficient (Wildman–Crippen LogP) is 0.550. The topological polar surface area (TPSA) is 110 Å². The summed E-state index contributed by atoms with van der Waals surface area (Å²) in [6, 6.07) is 4.46. The zero-order chi connectivity index (χ0) is 15.6. The van der Waals surface area contributed by atoms with Crippen molar-refractivity contribution in [2.75, 3.05) is 11.1 Å². The number of aromatic amines is 1. The first-order valence-corrected chi connectivity index (χ1v) is 6.09. The van der Waals surface area contributed by atoms with E-state index in [1.807, 2.05) is 0 Å². The van der Waals surface area contributed by atoms with Crippen molar-refractivity contribution in [3.8, 4) is 0 Å². The van der Waals surface area contributed by atoms with E-state index >= 15 is 0 Å². The van der Waals surface area contributed by atoms with Crippen molar-refractivity contribution in [2.45, 2.75) is 6.54 Å². The van der Waals surface area contributed by atoms with Gasteiger partial charge in [0, 0.05) is 5.69 Å². The molecule has 0 atom stereocenters. The van der Waals surface area contributed by atoms with Gasteiger partial charge in [0.2, 0.25) is 11.7 Å². The number of carbonyl (C=O) groups excluding carboxylic acids is 1. The highest BCUT2D eigenvalue weighted by Gasteiger charge is 2.09. The van der Waals surface area contributed by atoms with Gasteiger partial charge in [0.1, 0.15) is 6.54 Å². The van der Waals surface area contributed by atoms with Gasteiger partial charge >= 0.3 is 5.69 Å². The Morgan fingerprint density at radius 2 is 2.14 bits per heavy atom. The van der Waals surface area contributed by atoms with Gasteiger partial charge in [0.25, 0.3) is 5.56 Å². The molecule has 4 N–H and O–H groups in total. The molecule has 0 fully saturated rings. The molecular formula is C12H10ClFN4O3. The number of aromatic nitrogens is 2. The van der Waals surface area contributed by atoms with Gasteiger partial charge in [-0.05, 0) is 18.2 Å². The van der Waals surface area contributed by atoms with Crippen molar-refractivity contribution < 1.29 is 9.18 Å². The SMILES string of the molecule is Nc1cc(NC(=O)Cn2cc(F)c(=O)[nH]c2=O)ccc1Cl. The van der Waals surface area contributed by atoms with Crippen LogP contribution in [0.25, 0.3) is 0 Å². The fourth-order valence-corrected chi connectivity index (χ4v) is 1.69. The van der Waals surface area contributed by atoms with Crippen molar-refractivity contribution in [2.24, 2.45) is 0 Å². The monoisotopic (exact) mass is 312 g/mol. The number of carbonyl (C=O) groups is 1. The molecule has 0 aliphatic rings. The Morgan fingerprint density at radius 1 is 1.43 bits per heavy atom. The van der Waals surface area contributed by atoms with Crippen molar-refractivity contribution in [3.05, 3.63) is 56.1 Å². The lowest BCUT2D eigenvalue weighted by atomic mass is 10.3. The fraction of sp³-hybridized carbons (Fsp3) is 0.0833. The molecule has 1 heterocycles. The van der Waals surface area contributed by atoms with Crippen LogP contribution in [0.15, 0.2) is 34.0 Å². The number of rotatable bonds is 3. The molecule has 0 spiro atoms. The van der Waals surface area contributed by atoms with Gasteiger partial charge in [-0.1, -0.05) is 11.6 Å². The second-order valence-electron chi connectivity index (χ2n) is 4.15. The average Bonchev–Trinajstić information content (AvgIpc) is 2.40. The van der Waals surface area contributed by atoms with E-state index in [9.17, 15) is 18.8 Å². The number of nitrogens with two attached hydrogens (primary N) is 1. The second kappa shape index (κ2) is 5.80. The Kier molecular flexibility index (Phi) is 4.08. The molecule has 0 bridgehead atoms. The van der Waals surface area contributed by atoms with Gasteiger partial charge in [-0.3, -0.25) is 19.1 Å². The summed E-state index contributed by atoms with van der Waals surface area (Å²) in [4.78, 5) is 35.8. The lowest BCUT2D eigenvalue weighted by Crippen LogP contribution is -2.34. The van der Waals surface area contributed by atoms with Crippen LogP contribution in [0.5, 0.6) is 0 Å². The number of nitrogen functional groups attached to an aromatic ring is 1. The normalized spacial score (nSPS) is 10.4. The van der Waals surface area contributed by atoms with Crippen LogP contribution >= 0.6 is 11.6 Å². The van der Waals surface area contributed by atoms with Crippen LogP contribution in [0.1, 0.15) is 0 Å². The lowest BCUT2D eigenvalue weighted by Gasteiger charge is -2.08. The molecule has 0 unspecified atom stereocenters. The van der Waals surface area contributed by atoms with E-state index in [-0.39, 0.29) is 5.69 Å². The molecule has 2 aromatic rings. The third-order valence-electron chi connectivity index (χ3n) is 2.56. The number of amides is 1. The van der Waals surface area contributed by atoms with Crippen molar-refractivity contribution in [1.29, 1.82) is 0 Å². The molecule has 2 rings (SSSR count). The Bertz CT molecular complexity index is 815.